The first-order valence-electron chi connectivity index (χ1n) is 8.50. The summed E-state index contributed by atoms with van der Waals surface area (Å²) in [5.74, 6) is -0.643. The Morgan fingerprint density at radius 3 is 2.48 bits per heavy atom. The SMILES string of the molecule is COC(=O)c1csc(S(=O)(=O)N2CCC(N3CC(C)OC3=O)CC2)c1OC. The fourth-order valence-electron chi connectivity index (χ4n) is 3.39. The Morgan fingerprint density at radius 1 is 1.30 bits per heavy atom. The summed E-state index contributed by atoms with van der Waals surface area (Å²) in [5, 5.41) is 1.42. The van der Waals surface area contributed by atoms with E-state index in [9.17, 15) is 18.0 Å². The number of piperidine rings is 1. The van der Waals surface area contributed by atoms with E-state index in [4.69, 9.17) is 9.47 Å². The smallest absolute Gasteiger partial charge is 0.410 e. The Balaban J connectivity index is 1.75. The van der Waals surface area contributed by atoms with Crippen LogP contribution in [0.1, 0.15) is 30.1 Å². The highest BCUT2D eigenvalue weighted by Gasteiger charge is 2.39. The molecule has 9 nitrogen and oxygen atoms in total. The molecule has 1 atom stereocenters. The predicted octanol–water partition coefficient (Wildman–Crippen LogP) is 1.54. The highest BCUT2D eigenvalue weighted by Crippen LogP contribution is 2.38. The first-order valence-corrected chi connectivity index (χ1v) is 10.8. The lowest BCUT2D eigenvalue weighted by Crippen LogP contribution is -2.47. The molecule has 1 aromatic rings. The van der Waals surface area contributed by atoms with E-state index in [1.54, 1.807) is 4.90 Å². The molecule has 11 heteroatoms. The van der Waals surface area contributed by atoms with Crippen molar-refractivity contribution in [2.75, 3.05) is 33.9 Å². The summed E-state index contributed by atoms with van der Waals surface area (Å²) in [4.78, 5) is 25.4. The van der Waals surface area contributed by atoms with E-state index < -0.39 is 16.0 Å². The average Bonchev–Trinajstić information content (AvgIpc) is 3.24. The molecule has 0 N–H and O–H groups in total. The van der Waals surface area contributed by atoms with Crippen LogP contribution in [-0.2, 0) is 19.5 Å². The molecule has 0 radical (unpaired) electrons. The van der Waals surface area contributed by atoms with Gasteiger partial charge in [-0.2, -0.15) is 4.31 Å². The molecule has 3 rings (SSSR count). The largest absolute Gasteiger partial charge is 0.494 e. The highest BCUT2D eigenvalue weighted by molar-refractivity contribution is 7.91. The number of carbonyl (C=O) groups excluding carboxylic acids is 2. The normalized spacial score (nSPS) is 22.0. The maximum Gasteiger partial charge on any atom is 0.410 e. The number of carbonyl (C=O) groups is 2. The lowest BCUT2D eigenvalue weighted by Gasteiger charge is -2.34. The Morgan fingerprint density at radius 2 is 1.96 bits per heavy atom. The van der Waals surface area contributed by atoms with Gasteiger partial charge in [0.1, 0.15) is 11.7 Å². The monoisotopic (exact) mass is 418 g/mol. The third kappa shape index (κ3) is 3.63. The van der Waals surface area contributed by atoms with Gasteiger partial charge in [-0.05, 0) is 19.8 Å². The van der Waals surface area contributed by atoms with Crippen molar-refractivity contribution in [3.05, 3.63) is 10.9 Å². The first kappa shape index (κ1) is 19.9. The van der Waals surface area contributed by atoms with Gasteiger partial charge >= 0.3 is 12.1 Å². The summed E-state index contributed by atoms with van der Waals surface area (Å²) in [6.45, 7) is 2.91. The number of cyclic esters (lactones) is 1. The predicted molar refractivity (Wildman–Crippen MR) is 96.6 cm³/mol. The van der Waals surface area contributed by atoms with Gasteiger partial charge in [-0.1, -0.05) is 0 Å². The fraction of sp³-hybridized carbons (Fsp3) is 0.625. The summed E-state index contributed by atoms with van der Waals surface area (Å²) in [6, 6.07) is -0.0373. The van der Waals surface area contributed by atoms with Crippen LogP contribution in [-0.4, -0.2) is 75.7 Å². The van der Waals surface area contributed by atoms with E-state index in [0.717, 1.165) is 11.3 Å². The molecule has 2 fully saturated rings. The topological polar surface area (TPSA) is 102 Å². The molecule has 0 aromatic carbocycles. The quantitative estimate of drug-likeness (QED) is 0.668. The van der Waals surface area contributed by atoms with Gasteiger partial charge in [0.2, 0.25) is 0 Å². The van der Waals surface area contributed by atoms with Gasteiger partial charge in [-0.3, -0.25) is 0 Å². The van der Waals surface area contributed by atoms with Gasteiger partial charge in [0, 0.05) is 24.5 Å². The van der Waals surface area contributed by atoms with E-state index in [1.165, 1.54) is 23.9 Å². The number of ether oxygens (including phenoxy) is 3. The van der Waals surface area contributed by atoms with Crippen molar-refractivity contribution in [1.82, 2.24) is 9.21 Å². The minimum absolute atomic E-state index is 0.00548. The third-order valence-electron chi connectivity index (χ3n) is 4.75. The van der Waals surface area contributed by atoms with Gasteiger partial charge < -0.3 is 19.1 Å². The molecule has 1 unspecified atom stereocenters. The van der Waals surface area contributed by atoms with E-state index in [0.29, 0.717) is 19.4 Å². The molecule has 0 spiro atoms. The van der Waals surface area contributed by atoms with Crippen molar-refractivity contribution in [3.63, 3.8) is 0 Å². The first-order chi connectivity index (χ1) is 12.8. The molecule has 0 aliphatic carbocycles. The number of esters is 1. The van der Waals surface area contributed by atoms with Gasteiger partial charge in [0.25, 0.3) is 10.0 Å². The van der Waals surface area contributed by atoms with Crippen LogP contribution >= 0.6 is 11.3 Å². The summed E-state index contributed by atoms with van der Waals surface area (Å²) in [5.41, 5.74) is 0.0901. The van der Waals surface area contributed by atoms with E-state index >= 15 is 0 Å². The summed E-state index contributed by atoms with van der Waals surface area (Å²) < 4.78 is 42.4. The number of hydrogen-bond donors (Lipinski definition) is 0. The molecular formula is C16H22N2O7S2. The van der Waals surface area contributed by atoms with Crippen molar-refractivity contribution >= 4 is 33.4 Å². The summed E-state index contributed by atoms with van der Waals surface area (Å²) >= 11 is 0.932. The highest BCUT2D eigenvalue weighted by atomic mass is 32.2. The number of hydrogen-bond acceptors (Lipinski definition) is 8. The number of rotatable bonds is 5. The second-order valence-corrected chi connectivity index (χ2v) is 9.46. The zero-order valence-corrected chi connectivity index (χ0v) is 17.0. The Bertz CT molecular complexity index is 828. The Labute approximate surface area is 161 Å². The maximum absolute atomic E-state index is 13.0. The van der Waals surface area contributed by atoms with Crippen LogP contribution in [0.3, 0.4) is 0 Å². The molecule has 3 heterocycles. The molecule has 2 aliphatic heterocycles. The average molecular weight is 418 g/mol. The lowest BCUT2D eigenvalue weighted by molar-refractivity contribution is 0.0597. The zero-order chi connectivity index (χ0) is 19.8. The van der Waals surface area contributed by atoms with Crippen molar-refractivity contribution in [3.8, 4) is 5.75 Å². The van der Waals surface area contributed by atoms with Crippen molar-refractivity contribution in [2.45, 2.75) is 36.1 Å². The number of thiophene rings is 1. The maximum atomic E-state index is 13.0. The van der Waals surface area contributed by atoms with Crippen molar-refractivity contribution < 1.29 is 32.2 Å². The lowest BCUT2D eigenvalue weighted by atomic mass is 10.1. The molecular weight excluding hydrogens is 396 g/mol. The van der Waals surface area contributed by atoms with Crippen LogP contribution in [0.4, 0.5) is 4.79 Å². The second kappa shape index (κ2) is 7.64. The van der Waals surface area contributed by atoms with E-state index in [2.05, 4.69) is 4.74 Å². The van der Waals surface area contributed by atoms with E-state index in [1.807, 2.05) is 6.92 Å². The minimum Gasteiger partial charge on any atom is -0.494 e. The molecule has 1 aromatic heterocycles. The van der Waals surface area contributed by atoms with Crippen LogP contribution in [0.25, 0.3) is 0 Å². The molecule has 1 amide bonds. The Kier molecular flexibility index (Phi) is 5.63. The van der Waals surface area contributed by atoms with Crippen molar-refractivity contribution in [1.29, 1.82) is 0 Å². The molecule has 27 heavy (non-hydrogen) atoms. The van der Waals surface area contributed by atoms with Gasteiger partial charge in [0.15, 0.2) is 9.96 Å². The van der Waals surface area contributed by atoms with Gasteiger partial charge in [-0.25, -0.2) is 18.0 Å². The van der Waals surface area contributed by atoms with Crippen LogP contribution in [0.2, 0.25) is 0 Å². The van der Waals surface area contributed by atoms with Crippen LogP contribution in [0, 0.1) is 0 Å². The number of sulfonamides is 1. The number of nitrogens with zero attached hydrogens (tertiary/aromatic N) is 2. The molecule has 2 saturated heterocycles. The molecule has 0 bridgehead atoms. The number of amides is 1. The molecule has 150 valence electrons. The molecule has 2 aliphatic rings. The number of methoxy groups -OCH3 is 2. The van der Waals surface area contributed by atoms with Gasteiger partial charge in [-0.15, -0.1) is 11.3 Å². The van der Waals surface area contributed by atoms with E-state index in [-0.39, 0.29) is 46.9 Å². The van der Waals surface area contributed by atoms with Gasteiger partial charge in [0.05, 0.1) is 20.8 Å². The van der Waals surface area contributed by atoms with Crippen LogP contribution < -0.4 is 4.74 Å². The second-order valence-electron chi connectivity index (χ2n) is 6.44. The summed E-state index contributed by atoms with van der Waals surface area (Å²) in [6.07, 6.45) is 0.565. The minimum atomic E-state index is -3.81. The molecule has 0 saturated carbocycles. The summed E-state index contributed by atoms with van der Waals surface area (Å²) in [7, 11) is -1.27. The Hall–Kier alpha value is -1.85. The zero-order valence-electron chi connectivity index (χ0n) is 15.3. The third-order valence-corrected chi connectivity index (χ3v) is 8.12. The van der Waals surface area contributed by atoms with Crippen LogP contribution in [0.5, 0.6) is 5.75 Å². The van der Waals surface area contributed by atoms with Crippen molar-refractivity contribution in [2.24, 2.45) is 0 Å². The van der Waals surface area contributed by atoms with Crippen LogP contribution in [0.15, 0.2) is 9.59 Å². The standard InChI is InChI=1S/C16H22N2O7S2/c1-10-8-18(16(20)25-10)11-4-6-17(7-5-11)27(21,22)15-13(23-2)12(9-26-15)14(19)24-3/h9-11H,4-8H2,1-3H3. The fourth-order valence-corrected chi connectivity index (χ4v) is 6.42.